The topological polar surface area (TPSA) is 38.1 Å². The molecule has 2 rings (SSSR count). The van der Waals surface area contributed by atoms with Crippen LogP contribution in [0.3, 0.4) is 0 Å². The first-order valence-electron chi connectivity index (χ1n) is 6.86. The fraction of sp³-hybridized carbons (Fsp3) is 0.714. The Balaban J connectivity index is 2.00. The molecule has 2 heterocycles. The summed E-state index contributed by atoms with van der Waals surface area (Å²) in [5, 5.41) is 4.45. The summed E-state index contributed by atoms with van der Waals surface area (Å²) in [5.41, 5.74) is 1.78. The van der Waals surface area contributed by atoms with Gasteiger partial charge in [-0.05, 0) is 44.3 Å². The van der Waals surface area contributed by atoms with Crippen LogP contribution in [0, 0.1) is 5.92 Å². The van der Waals surface area contributed by atoms with Crippen LogP contribution in [0.1, 0.15) is 42.9 Å². The van der Waals surface area contributed by atoms with E-state index in [2.05, 4.69) is 16.9 Å². The van der Waals surface area contributed by atoms with E-state index >= 15 is 0 Å². The fourth-order valence-corrected chi connectivity index (χ4v) is 2.86. The number of piperidine rings is 1. The van der Waals surface area contributed by atoms with Gasteiger partial charge in [0.2, 0.25) is 0 Å². The highest BCUT2D eigenvalue weighted by Crippen LogP contribution is 2.20. The summed E-state index contributed by atoms with van der Waals surface area (Å²) in [6.07, 6.45) is 3.56. The van der Waals surface area contributed by atoms with Crippen LogP contribution in [-0.2, 0) is 13.5 Å². The molecule has 1 fully saturated rings. The molecular weight excluding hydrogens is 226 g/mol. The van der Waals surface area contributed by atoms with E-state index in [-0.39, 0.29) is 5.78 Å². The van der Waals surface area contributed by atoms with Crippen molar-refractivity contribution in [3.63, 3.8) is 0 Å². The van der Waals surface area contributed by atoms with Gasteiger partial charge in [0.1, 0.15) is 5.69 Å². The van der Waals surface area contributed by atoms with Gasteiger partial charge in [0.05, 0.1) is 5.69 Å². The predicted octanol–water partition coefficient (Wildman–Crippen LogP) is 1.90. The maximum Gasteiger partial charge on any atom is 0.177 e. The number of Topliss-reactive ketones (excluding diaryl/α,β-unsaturated/α-hetero) is 1. The lowest BCUT2D eigenvalue weighted by Crippen LogP contribution is -2.35. The van der Waals surface area contributed by atoms with Crippen molar-refractivity contribution in [2.75, 3.05) is 19.6 Å². The molecule has 0 N–H and O–H groups in total. The highest BCUT2D eigenvalue weighted by Gasteiger charge is 2.20. The van der Waals surface area contributed by atoms with E-state index in [0.29, 0.717) is 11.6 Å². The molecule has 1 atom stereocenters. The van der Waals surface area contributed by atoms with Crippen LogP contribution in [0.4, 0.5) is 0 Å². The van der Waals surface area contributed by atoms with Gasteiger partial charge >= 0.3 is 0 Å². The highest BCUT2D eigenvalue weighted by atomic mass is 16.1. The van der Waals surface area contributed by atoms with Crippen molar-refractivity contribution in [3.05, 3.63) is 17.5 Å². The Hall–Kier alpha value is -1.16. The number of aromatic nitrogens is 2. The second-order valence-corrected chi connectivity index (χ2v) is 5.31. The average Bonchev–Trinajstić information content (AvgIpc) is 2.70. The number of aryl methyl sites for hydroxylation is 1. The van der Waals surface area contributed by atoms with Crippen LogP contribution < -0.4 is 0 Å². The maximum absolute atomic E-state index is 11.4. The molecule has 100 valence electrons. The Morgan fingerprint density at radius 2 is 2.33 bits per heavy atom. The van der Waals surface area contributed by atoms with Gasteiger partial charge in [-0.1, -0.05) is 6.92 Å². The summed E-state index contributed by atoms with van der Waals surface area (Å²) < 4.78 is 1.71. The van der Waals surface area contributed by atoms with Gasteiger partial charge in [0.15, 0.2) is 5.78 Å². The summed E-state index contributed by atoms with van der Waals surface area (Å²) in [7, 11) is 1.85. The molecule has 0 amide bonds. The van der Waals surface area contributed by atoms with Gasteiger partial charge in [-0.2, -0.15) is 5.10 Å². The molecule has 1 aromatic heterocycles. The van der Waals surface area contributed by atoms with Crippen LogP contribution in [0.15, 0.2) is 6.07 Å². The first-order valence-corrected chi connectivity index (χ1v) is 6.86. The molecule has 1 aromatic rings. The first kappa shape index (κ1) is 13.3. The van der Waals surface area contributed by atoms with Crippen molar-refractivity contribution >= 4 is 5.78 Å². The number of carbonyl (C=O) groups is 1. The average molecular weight is 249 g/mol. The van der Waals surface area contributed by atoms with Crippen LogP contribution in [0.25, 0.3) is 0 Å². The van der Waals surface area contributed by atoms with Crippen molar-refractivity contribution in [1.82, 2.24) is 14.7 Å². The third-order valence-electron chi connectivity index (χ3n) is 3.84. The number of likely N-dealkylation sites (tertiary alicyclic amines) is 1. The summed E-state index contributed by atoms with van der Waals surface area (Å²) in [6.45, 7) is 7.35. The molecule has 0 spiro atoms. The molecule has 4 heteroatoms. The van der Waals surface area contributed by atoms with E-state index in [1.165, 1.54) is 25.9 Å². The van der Waals surface area contributed by atoms with E-state index in [1.54, 1.807) is 11.6 Å². The lowest BCUT2D eigenvalue weighted by molar-refractivity contribution is 0.100. The molecule has 0 radical (unpaired) electrons. The van der Waals surface area contributed by atoms with Crippen molar-refractivity contribution in [2.45, 2.75) is 33.1 Å². The number of ketones is 1. The van der Waals surface area contributed by atoms with Gasteiger partial charge in [-0.3, -0.25) is 9.48 Å². The number of hydrogen-bond donors (Lipinski definition) is 0. The van der Waals surface area contributed by atoms with Crippen LogP contribution >= 0.6 is 0 Å². The summed E-state index contributed by atoms with van der Waals surface area (Å²) in [6, 6.07) is 1.95. The Labute approximate surface area is 109 Å². The second-order valence-electron chi connectivity index (χ2n) is 5.31. The quantitative estimate of drug-likeness (QED) is 0.765. The Bertz CT molecular complexity index is 425. The van der Waals surface area contributed by atoms with Gasteiger partial charge in [0.25, 0.3) is 0 Å². The zero-order valence-corrected chi connectivity index (χ0v) is 11.6. The van der Waals surface area contributed by atoms with Gasteiger partial charge in [0, 0.05) is 20.5 Å². The molecular formula is C14H23N3O. The standard InChI is InChI=1S/C14H23N3O/c1-4-17-7-5-6-12(10-17)8-13-9-14(11(2)18)16(3)15-13/h9,12H,4-8,10H2,1-3H3. The first-order chi connectivity index (χ1) is 8.60. The van der Waals surface area contributed by atoms with Gasteiger partial charge in [-0.25, -0.2) is 0 Å². The van der Waals surface area contributed by atoms with Crippen molar-refractivity contribution in [2.24, 2.45) is 13.0 Å². The number of hydrogen-bond acceptors (Lipinski definition) is 3. The summed E-state index contributed by atoms with van der Waals surface area (Å²) in [5.74, 6) is 0.781. The highest BCUT2D eigenvalue weighted by molar-refractivity contribution is 5.92. The zero-order valence-electron chi connectivity index (χ0n) is 11.6. The van der Waals surface area contributed by atoms with Crippen LogP contribution in [-0.4, -0.2) is 40.1 Å². The molecule has 1 unspecified atom stereocenters. The Morgan fingerprint density at radius 3 is 2.94 bits per heavy atom. The minimum Gasteiger partial charge on any atom is -0.303 e. The third-order valence-corrected chi connectivity index (χ3v) is 3.84. The largest absolute Gasteiger partial charge is 0.303 e. The van der Waals surface area contributed by atoms with Crippen molar-refractivity contribution < 1.29 is 4.79 Å². The van der Waals surface area contributed by atoms with Crippen LogP contribution in [0.2, 0.25) is 0 Å². The van der Waals surface area contributed by atoms with Crippen molar-refractivity contribution in [3.8, 4) is 0 Å². The normalized spacial score (nSPS) is 21.2. The lowest BCUT2D eigenvalue weighted by atomic mass is 9.93. The molecule has 0 saturated carbocycles. The third kappa shape index (κ3) is 2.99. The zero-order chi connectivity index (χ0) is 13.1. The lowest BCUT2D eigenvalue weighted by Gasteiger charge is -2.31. The maximum atomic E-state index is 11.4. The van der Waals surface area contributed by atoms with E-state index < -0.39 is 0 Å². The predicted molar refractivity (Wildman–Crippen MR) is 71.8 cm³/mol. The number of carbonyl (C=O) groups excluding carboxylic acids is 1. The Morgan fingerprint density at radius 1 is 1.56 bits per heavy atom. The SMILES string of the molecule is CCN1CCCC(Cc2cc(C(C)=O)n(C)n2)C1. The fourth-order valence-electron chi connectivity index (χ4n) is 2.86. The number of rotatable bonds is 4. The van der Waals surface area contributed by atoms with E-state index in [0.717, 1.165) is 18.7 Å². The summed E-state index contributed by atoms with van der Waals surface area (Å²) >= 11 is 0. The smallest absolute Gasteiger partial charge is 0.177 e. The number of nitrogens with zero attached hydrogens (tertiary/aromatic N) is 3. The van der Waals surface area contributed by atoms with Crippen LogP contribution in [0.5, 0.6) is 0 Å². The Kier molecular flexibility index (Phi) is 4.17. The second kappa shape index (κ2) is 5.65. The van der Waals surface area contributed by atoms with E-state index in [1.807, 2.05) is 13.1 Å². The molecule has 0 aliphatic carbocycles. The molecule has 1 saturated heterocycles. The minimum atomic E-state index is 0.0927. The molecule has 4 nitrogen and oxygen atoms in total. The monoisotopic (exact) mass is 249 g/mol. The van der Waals surface area contributed by atoms with Gasteiger partial charge < -0.3 is 4.90 Å². The van der Waals surface area contributed by atoms with Gasteiger partial charge in [-0.15, -0.1) is 0 Å². The minimum absolute atomic E-state index is 0.0927. The van der Waals surface area contributed by atoms with Crippen molar-refractivity contribution in [1.29, 1.82) is 0 Å². The molecule has 18 heavy (non-hydrogen) atoms. The molecule has 0 bridgehead atoms. The molecule has 0 aromatic carbocycles. The molecule has 1 aliphatic heterocycles. The molecule has 1 aliphatic rings. The van der Waals surface area contributed by atoms with E-state index in [9.17, 15) is 4.79 Å². The summed E-state index contributed by atoms with van der Waals surface area (Å²) in [4.78, 5) is 13.9. The van der Waals surface area contributed by atoms with E-state index in [4.69, 9.17) is 0 Å².